The molecule has 0 unspecified atom stereocenters. The maximum absolute atomic E-state index is 12.5. The van der Waals surface area contributed by atoms with Gasteiger partial charge in [0.2, 0.25) is 9.84 Å². The molecule has 0 bridgehead atoms. The Labute approximate surface area is 156 Å². The fourth-order valence-electron chi connectivity index (χ4n) is 1.94. The zero-order valence-corrected chi connectivity index (χ0v) is 14.7. The van der Waals surface area contributed by atoms with Crippen molar-refractivity contribution in [2.45, 2.75) is 11.2 Å². The third kappa shape index (κ3) is 5.61. The van der Waals surface area contributed by atoms with E-state index in [0.717, 1.165) is 6.21 Å². The molecule has 2 rings (SSSR count). The lowest BCUT2D eigenvalue weighted by atomic mass is 10.1. The lowest BCUT2D eigenvalue weighted by Crippen LogP contribution is -2.27. The molecule has 0 fully saturated rings. The van der Waals surface area contributed by atoms with Gasteiger partial charge in [-0.1, -0.05) is 12.1 Å². The molecule has 0 saturated heterocycles. The van der Waals surface area contributed by atoms with Crippen LogP contribution in [-0.4, -0.2) is 42.4 Å². The van der Waals surface area contributed by atoms with E-state index in [4.69, 9.17) is 5.11 Å². The molecule has 1 heterocycles. The van der Waals surface area contributed by atoms with Crippen LogP contribution in [0.4, 0.5) is 13.2 Å². The molecule has 0 atom stereocenters. The van der Waals surface area contributed by atoms with Crippen molar-refractivity contribution in [1.29, 1.82) is 0 Å². The molecule has 0 spiro atoms. The molecule has 0 saturated carbocycles. The van der Waals surface area contributed by atoms with Crippen molar-refractivity contribution in [2.75, 3.05) is 5.75 Å². The van der Waals surface area contributed by atoms with Gasteiger partial charge in [0.15, 0.2) is 5.03 Å². The standard InChI is InChI=1S/C16H12F3N3O5S/c17-16(18,19)12-4-5-14(20-8-12)28(26,27)9-13(23)22-21-7-10-2-1-3-11(6-10)15(24)25/h1-8H,9H2,(H,22,23)(H,24,25). The largest absolute Gasteiger partial charge is 0.478 e. The minimum Gasteiger partial charge on any atom is -0.478 e. The highest BCUT2D eigenvalue weighted by Crippen LogP contribution is 2.28. The molecule has 0 aliphatic carbocycles. The minimum atomic E-state index is -4.67. The van der Waals surface area contributed by atoms with E-state index in [1.54, 1.807) is 0 Å². The van der Waals surface area contributed by atoms with Crippen LogP contribution >= 0.6 is 0 Å². The van der Waals surface area contributed by atoms with Gasteiger partial charge in [0, 0.05) is 6.20 Å². The maximum Gasteiger partial charge on any atom is 0.417 e. The normalized spacial score (nSPS) is 12.1. The Hall–Kier alpha value is -3.28. The van der Waals surface area contributed by atoms with Crippen molar-refractivity contribution in [2.24, 2.45) is 5.10 Å². The van der Waals surface area contributed by atoms with Crippen LogP contribution in [0, 0.1) is 0 Å². The predicted octanol–water partition coefficient (Wildman–Crippen LogP) is 1.72. The number of aromatic nitrogens is 1. The second-order valence-corrected chi connectivity index (χ2v) is 7.30. The number of carboxylic acid groups (broad SMARTS) is 1. The number of amides is 1. The zero-order valence-electron chi connectivity index (χ0n) is 13.8. The van der Waals surface area contributed by atoms with Crippen LogP contribution in [0.5, 0.6) is 0 Å². The predicted molar refractivity (Wildman–Crippen MR) is 90.4 cm³/mol. The topological polar surface area (TPSA) is 126 Å². The highest BCUT2D eigenvalue weighted by molar-refractivity contribution is 7.92. The molecule has 1 aromatic carbocycles. The summed E-state index contributed by atoms with van der Waals surface area (Å²) < 4.78 is 61.5. The number of hydrazone groups is 1. The molecular weight excluding hydrogens is 403 g/mol. The summed E-state index contributed by atoms with van der Waals surface area (Å²) in [5.41, 5.74) is 1.15. The number of hydrogen-bond acceptors (Lipinski definition) is 6. The lowest BCUT2D eigenvalue weighted by molar-refractivity contribution is -0.137. The number of aromatic carboxylic acids is 1. The van der Waals surface area contributed by atoms with E-state index in [2.05, 4.69) is 10.1 Å². The second-order valence-electron chi connectivity index (χ2n) is 5.37. The molecule has 148 valence electrons. The Balaban J connectivity index is 2.01. The lowest BCUT2D eigenvalue weighted by Gasteiger charge is -2.07. The summed E-state index contributed by atoms with van der Waals surface area (Å²) in [7, 11) is -4.28. The first-order valence-corrected chi connectivity index (χ1v) is 9.05. The summed E-state index contributed by atoms with van der Waals surface area (Å²) in [4.78, 5) is 25.8. The van der Waals surface area contributed by atoms with Gasteiger partial charge in [-0.3, -0.25) is 4.79 Å². The molecular formula is C16H12F3N3O5S. The average molecular weight is 415 g/mol. The fraction of sp³-hybridized carbons (Fsp3) is 0.125. The Kier molecular flexibility index (Phi) is 6.13. The Morgan fingerprint density at radius 3 is 2.50 bits per heavy atom. The van der Waals surface area contributed by atoms with Gasteiger partial charge in [-0.25, -0.2) is 23.6 Å². The summed E-state index contributed by atoms with van der Waals surface area (Å²) in [6, 6.07) is 6.79. The van der Waals surface area contributed by atoms with Crippen LogP contribution in [0.15, 0.2) is 52.7 Å². The van der Waals surface area contributed by atoms with Gasteiger partial charge in [0.25, 0.3) is 5.91 Å². The summed E-state index contributed by atoms with van der Waals surface area (Å²) in [5, 5.41) is 11.7. The van der Waals surface area contributed by atoms with E-state index in [1.165, 1.54) is 24.3 Å². The van der Waals surface area contributed by atoms with Crippen molar-refractivity contribution >= 4 is 27.9 Å². The number of nitrogens with zero attached hydrogens (tertiary/aromatic N) is 2. The first-order chi connectivity index (χ1) is 13.0. The second kappa shape index (κ2) is 8.17. The van der Waals surface area contributed by atoms with E-state index in [-0.39, 0.29) is 5.56 Å². The van der Waals surface area contributed by atoms with E-state index in [0.29, 0.717) is 23.9 Å². The van der Waals surface area contributed by atoms with E-state index in [1.807, 2.05) is 5.43 Å². The molecule has 12 heteroatoms. The van der Waals surface area contributed by atoms with Crippen LogP contribution < -0.4 is 5.43 Å². The van der Waals surface area contributed by atoms with Crippen molar-refractivity contribution in [3.63, 3.8) is 0 Å². The first kappa shape index (κ1) is 21.0. The zero-order chi connectivity index (χ0) is 20.9. The highest BCUT2D eigenvalue weighted by atomic mass is 32.2. The molecule has 2 aromatic rings. The number of hydrogen-bond donors (Lipinski definition) is 2. The monoisotopic (exact) mass is 415 g/mol. The fourth-order valence-corrected chi connectivity index (χ4v) is 2.99. The smallest absolute Gasteiger partial charge is 0.417 e. The molecule has 0 radical (unpaired) electrons. The molecule has 0 aliphatic rings. The van der Waals surface area contributed by atoms with E-state index in [9.17, 15) is 31.2 Å². The van der Waals surface area contributed by atoms with Gasteiger partial charge < -0.3 is 5.11 Å². The van der Waals surface area contributed by atoms with Gasteiger partial charge >= 0.3 is 12.1 Å². The van der Waals surface area contributed by atoms with Crippen molar-refractivity contribution in [3.05, 3.63) is 59.3 Å². The quantitative estimate of drug-likeness (QED) is 0.547. The average Bonchev–Trinajstić information content (AvgIpc) is 2.61. The number of halogens is 3. The third-order valence-corrected chi connectivity index (χ3v) is 4.76. The number of benzene rings is 1. The van der Waals surface area contributed by atoms with Crippen LogP contribution in [0.3, 0.4) is 0 Å². The van der Waals surface area contributed by atoms with E-state index < -0.39 is 44.2 Å². The third-order valence-electron chi connectivity index (χ3n) is 3.24. The Morgan fingerprint density at radius 2 is 1.93 bits per heavy atom. The Morgan fingerprint density at radius 1 is 1.21 bits per heavy atom. The SMILES string of the molecule is O=C(CS(=O)(=O)c1ccc(C(F)(F)F)cn1)NN=Cc1cccc(C(=O)O)c1. The number of carboxylic acids is 1. The van der Waals surface area contributed by atoms with Crippen LogP contribution in [0.25, 0.3) is 0 Å². The van der Waals surface area contributed by atoms with Crippen molar-refractivity contribution in [1.82, 2.24) is 10.4 Å². The summed E-state index contributed by atoms with van der Waals surface area (Å²) in [5.74, 6) is -3.29. The van der Waals surface area contributed by atoms with Gasteiger partial charge in [0.1, 0.15) is 5.75 Å². The van der Waals surface area contributed by atoms with E-state index >= 15 is 0 Å². The molecule has 1 amide bonds. The summed E-state index contributed by atoms with van der Waals surface area (Å²) in [6.07, 6.45) is -3.20. The van der Waals surface area contributed by atoms with Crippen LogP contribution in [0.2, 0.25) is 0 Å². The molecule has 8 nitrogen and oxygen atoms in total. The van der Waals surface area contributed by atoms with Crippen molar-refractivity contribution < 1.29 is 36.3 Å². The van der Waals surface area contributed by atoms with Gasteiger partial charge in [-0.2, -0.15) is 18.3 Å². The van der Waals surface area contributed by atoms with Crippen LogP contribution in [0.1, 0.15) is 21.5 Å². The number of nitrogens with one attached hydrogen (secondary N) is 1. The van der Waals surface area contributed by atoms with Gasteiger partial charge in [-0.15, -0.1) is 0 Å². The molecule has 1 aromatic heterocycles. The van der Waals surface area contributed by atoms with Crippen molar-refractivity contribution in [3.8, 4) is 0 Å². The minimum absolute atomic E-state index is 0.00812. The number of rotatable bonds is 6. The number of alkyl halides is 3. The summed E-state index contributed by atoms with van der Waals surface area (Å²) >= 11 is 0. The number of carbonyl (C=O) groups excluding carboxylic acids is 1. The molecule has 28 heavy (non-hydrogen) atoms. The number of pyridine rings is 1. The maximum atomic E-state index is 12.5. The van der Waals surface area contributed by atoms with Crippen LogP contribution in [-0.2, 0) is 20.8 Å². The highest BCUT2D eigenvalue weighted by Gasteiger charge is 2.31. The molecule has 0 aliphatic heterocycles. The number of carbonyl (C=O) groups is 2. The van der Waals surface area contributed by atoms with Gasteiger partial charge in [-0.05, 0) is 29.8 Å². The van der Waals surface area contributed by atoms with Gasteiger partial charge in [0.05, 0.1) is 17.3 Å². The molecule has 2 N–H and O–H groups in total. The summed E-state index contributed by atoms with van der Waals surface area (Å²) in [6.45, 7) is 0. The number of sulfone groups is 1. The first-order valence-electron chi connectivity index (χ1n) is 7.40. The Bertz CT molecular complexity index is 1020.